The average Bonchev–Trinajstić information content (AvgIpc) is 3.26. The molecule has 14 nitrogen and oxygen atoms in total. The Morgan fingerprint density at radius 1 is 0.628 bits per heavy atom. The summed E-state index contributed by atoms with van der Waals surface area (Å²) in [4.78, 5) is 24.9. The molecule has 2 heterocycles. The predicted octanol–water partition coefficient (Wildman–Crippen LogP) is -0.227. The molecule has 0 bridgehead atoms. The molecule has 0 spiro atoms. The van der Waals surface area contributed by atoms with E-state index < -0.39 is 32.0 Å². The Hall–Kier alpha value is -2.54. The SMILES string of the molecule is Cc1c(CNCS(=O)(=O)[O-])c(=O)n(-c2ccccc2)n1C.Cc1c(CNCS(=O)(=O)[O-])c(=O)n(-c2ccccc2)n1C.[Ca+2]. The second-order valence-corrected chi connectivity index (χ2v) is 12.1. The molecular formula is C26H32CaN6O8S2. The second-order valence-electron chi connectivity index (χ2n) is 9.34. The van der Waals surface area contributed by atoms with E-state index >= 15 is 0 Å². The summed E-state index contributed by atoms with van der Waals surface area (Å²) in [7, 11) is -5.21. The molecule has 0 aliphatic heterocycles. The Morgan fingerprint density at radius 3 is 1.21 bits per heavy atom. The van der Waals surface area contributed by atoms with Gasteiger partial charge in [-0.1, -0.05) is 36.4 Å². The summed E-state index contributed by atoms with van der Waals surface area (Å²) >= 11 is 0. The number of aromatic nitrogens is 4. The first-order valence-electron chi connectivity index (χ1n) is 12.6. The molecule has 17 heteroatoms. The zero-order chi connectivity index (χ0) is 31.2. The van der Waals surface area contributed by atoms with Crippen molar-refractivity contribution in [1.82, 2.24) is 29.4 Å². The monoisotopic (exact) mass is 660 g/mol. The van der Waals surface area contributed by atoms with Crippen molar-refractivity contribution in [3.05, 3.63) is 104 Å². The number of hydrogen-bond acceptors (Lipinski definition) is 10. The molecule has 0 saturated carbocycles. The first-order chi connectivity index (χ1) is 19.6. The van der Waals surface area contributed by atoms with Crippen molar-refractivity contribution in [2.24, 2.45) is 14.1 Å². The quantitative estimate of drug-likeness (QED) is 0.170. The van der Waals surface area contributed by atoms with E-state index in [1.54, 1.807) is 61.6 Å². The summed E-state index contributed by atoms with van der Waals surface area (Å²) in [6.07, 6.45) is 0. The Bertz CT molecular complexity index is 1730. The second kappa shape index (κ2) is 15.5. The van der Waals surface area contributed by atoms with Gasteiger partial charge in [0.2, 0.25) is 0 Å². The molecule has 0 unspecified atom stereocenters. The molecule has 2 aromatic carbocycles. The fraction of sp³-hybridized carbons (Fsp3) is 0.308. The van der Waals surface area contributed by atoms with Crippen molar-refractivity contribution in [1.29, 1.82) is 0 Å². The zero-order valence-corrected chi connectivity index (χ0v) is 28.0. The van der Waals surface area contributed by atoms with Gasteiger partial charge in [0.1, 0.15) is 20.2 Å². The Labute approximate surface area is 279 Å². The van der Waals surface area contributed by atoms with Gasteiger partial charge in [-0.2, -0.15) is 0 Å². The van der Waals surface area contributed by atoms with Gasteiger partial charge in [-0.15, -0.1) is 0 Å². The third-order valence-electron chi connectivity index (χ3n) is 6.51. The van der Waals surface area contributed by atoms with Crippen LogP contribution in [0.5, 0.6) is 0 Å². The van der Waals surface area contributed by atoms with Crippen molar-refractivity contribution in [3.63, 3.8) is 0 Å². The van der Waals surface area contributed by atoms with Gasteiger partial charge in [-0.05, 0) is 38.1 Å². The molecule has 0 radical (unpaired) electrons. The topological polar surface area (TPSA) is 192 Å². The van der Waals surface area contributed by atoms with Crippen LogP contribution in [0.25, 0.3) is 11.4 Å². The minimum atomic E-state index is -4.35. The van der Waals surface area contributed by atoms with E-state index in [-0.39, 0.29) is 61.9 Å². The van der Waals surface area contributed by atoms with Gasteiger partial charge >= 0.3 is 37.7 Å². The Morgan fingerprint density at radius 2 is 0.930 bits per heavy atom. The first kappa shape index (κ1) is 36.7. The van der Waals surface area contributed by atoms with E-state index in [1.165, 1.54) is 9.36 Å². The largest absolute Gasteiger partial charge is 2.00 e. The van der Waals surface area contributed by atoms with Crippen LogP contribution in [-0.2, 0) is 47.4 Å². The fourth-order valence-electron chi connectivity index (χ4n) is 4.26. The molecule has 2 N–H and O–H groups in total. The number of rotatable bonds is 10. The van der Waals surface area contributed by atoms with Gasteiger partial charge in [-0.3, -0.25) is 19.0 Å². The van der Waals surface area contributed by atoms with Crippen LogP contribution in [0.1, 0.15) is 22.5 Å². The molecule has 4 rings (SSSR count). The summed E-state index contributed by atoms with van der Waals surface area (Å²) in [6.45, 7) is 3.59. The van der Waals surface area contributed by atoms with E-state index in [9.17, 15) is 35.5 Å². The molecule has 0 saturated heterocycles. The van der Waals surface area contributed by atoms with Crippen molar-refractivity contribution >= 4 is 58.0 Å². The molecule has 0 fully saturated rings. The number of hydrogen-bond donors (Lipinski definition) is 2. The average molecular weight is 661 g/mol. The van der Waals surface area contributed by atoms with E-state index in [1.807, 2.05) is 36.4 Å². The maximum Gasteiger partial charge on any atom is 2.00 e. The Kier molecular flexibility index (Phi) is 13.2. The van der Waals surface area contributed by atoms with Crippen molar-refractivity contribution in [2.45, 2.75) is 26.9 Å². The van der Waals surface area contributed by atoms with Crippen LogP contribution < -0.4 is 21.8 Å². The van der Waals surface area contributed by atoms with Crippen LogP contribution in [-0.4, -0.2) is 94.2 Å². The molecule has 0 aliphatic rings. The molecule has 0 aliphatic carbocycles. The van der Waals surface area contributed by atoms with Gasteiger partial charge in [0.25, 0.3) is 11.1 Å². The smallest absolute Gasteiger partial charge is 0.747 e. The predicted molar refractivity (Wildman–Crippen MR) is 160 cm³/mol. The summed E-state index contributed by atoms with van der Waals surface area (Å²) in [5.41, 5.74) is 3.25. The van der Waals surface area contributed by atoms with E-state index in [0.29, 0.717) is 22.5 Å². The number of benzene rings is 2. The summed E-state index contributed by atoms with van der Waals surface area (Å²) in [5.74, 6) is -1.40. The van der Waals surface area contributed by atoms with E-state index in [0.717, 1.165) is 11.4 Å². The maximum atomic E-state index is 12.4. The number of nitrogens with zero attached hydrogens (tertiary/aromatic N) is 4. The number of para-hydroxylation sites is 2. The molecular weight excluding hydrogens is 629 g/mol. The van der Waals surface area contributed by atoms with Gasteiger partial charge < -0.3 is 19.7 Å². The molecule has 0 amide bonds. The van der Waals surface area contributed by atoms with Gasteiger partial charge in [0.05, 0.1) is 34.3 Å². The standard InChI is InChI=1S/2C13H17N3O4S.Ca/c2*1-10-12(8-14-9-21(18,19)20)13(17)16(15(10)2)11-6-4-3-5-7-11;/h2*3-7,14H,8-9H2,1-2H3,(H,18,19,20);/q;;+2/p-2. The fourth-order valence-corrected chi connectivity index (χ4v) is 4.96. The van der Waals surface area contributed by atoms with Crippen LogP contribution in [0.2, 0.25) is 0 Å². The van der Waals surface area contributed by atoms with Crippen LogP contribution >= 0.6 is 0 Å². The summed E-state index contributed by atoms with van der Waals surface area (Å²) in [5, 5.41) is 4.98. The maximum absolute atomic E-state index is 12.4. The molecule has 4 aromatic rings. The first-order valence-corrected chi connectivity index (χ1v) is 15.7. The van der Waals surface area contributed by atoms with E-state index in [2.05, 4.69) is 10.6 Å². The van der Waals surface area contributed by atoms with Gasteiger partial charge in [0, 0.05) is 38.6 Å². The minimum Gasteiger partial charge on any atom is -0.747 e. The minimum absolute atomic E-state index is 0. The van der Waals surface area contributed by atoms with Crippen molar-refractivity contribution < 1.29 is 25.9 Å². The molecule has 228 valence electrons. The van der Waals surface area contributed by atoms with Crippen molar-refractivity contribution in [2.75, 3.05) is 11.8 Å². The van der Waals surface area contributed by atoms with Crippen molar-refractivity contribution in [3.8, 4) is 11.4 Å². The zero-order valence-electron chi connectivity index (χ0n) is 24.2. The van der Waals surface area contributed by atoms with E-state index in [4.69, 9.17) is 0 Å². The normalized spacial score (nSPS) is 11.5. The molecule has 43 heavy (non-hydrogen) atoms. The molecule has 2 aromatic heterocycles. The van der Waals surface area contributed by atoms with Crippen LogP contribution in [0.15, 0.2) is 70.3 Å². The summed E-state index contributed by atoms with van der Waals surface area (Å²) in [6, 6.07) is 18.2. The number of nitrogens with one attached hydrogen (secondary N) is 2. The van der Waals surface area contributed by atoms with Crippen LogP contribution in [0.4, 0.5) is 0 Å². The summed E-state index contributed by atoms with van der Waals surface area (Å²) < 4.78 is 69.9. The van der Waals surface area contributed by atoms with Gasteiger partial charge in [-0.25, -0.2) is 26.2 Å². The molecule has 0 atom stereocenters. The third-order valence-corrected chi connectivity index (χ3v) is 7.62. The van der Waals surface area contributed by atoms with Gasteiger partial charge in [0.15, 0.2) is 0 Å². The third kappa shape index (κ3) is 9.72. The Balaban J connectivity index is 0.000000293. The van der Waals surface area contributed by atoms with Crippen LogP contribution in [0.3, 0.4) is 0 Å². The van der Waals surface area contributed by atoms with Crippen LogP contribution in [0, 0.1) is 13.8 Å².